The molecule has 1 aliphatic carbocycles. The number of nitrogens with zero attached hydrogens (tertiary/aromatic N) is 2. The van der Waals surface area contributed by atoms with Crippen molar-refractivity contribution in [2.75, 3.05) is 0 Å². The van der Waals surface area contributed by atoms with Gasteiger partial charge in [-0.1, -0.05) is 191 Å². The third-order valence-corrected chi connectivity index (χ3v) is 10.9. The second kappa shape index (κ2) is 22.8. The van der Waals surface area contributed by atoms with E-state index in [1.165, 1.54) is 49.7 Å². The van der Waals surface area contributed by atoms with Crippen LogP contribution in [0.25, 0.3) is 44.5 Å². The topological polar surface area (TPSA) is 47.6 Å². The number of hydrogen-bond donors (Lipinski definition) is 0. The molecule has 0 fully saturated rings. The van der Waals surface area contributed by atoms with Crippen LogP contribution in [0.1, 0.15) is 85.8 Å². The predicted molar refractivity (Wildman–Crippen MR) is 261 cm³/mol. The standard InChI is InChI=1S/C59H54N2/c1-4-7-8-9-10-12-22-45-24-19-30-52(35-45)50-27-16-15-23-46(43-60)36-53(29-18-17-28-50)56-33-20-31-54(40-56)48(5-2)39-49(6-3)58-37-47(44-61)38-59(42-58)57-34-21-32-55(41-57)51-25-13-11-14-26-51/h5-6,11,13-21,23-42H,2,4,7-10,12,22H2,1,3H3/b16-15-,18-17?,23-15?,27-16?,28-17+,29-18+,46-23+,46-36?,48-39+,49-6+,50-27+,50-28?,53-29?,53-36+. The quantitative estimate of drug-likeness (QED) is 0.0783. The Hall–Kier alpha value is -7.26. The van der Waals surface area contributed by atoms with Gasteiger partial charge in [0, 0.05) is 0 Å². The zero-order valence-corrected chi connectivity index (χ0v) is 35.5. The molecule has 2 nitrogen and oxygen atoms in total. The summed E-state index contributed by atoms with van der Waals surface area (Å²) in [5, 5.41) is 20.3. The van der Waals surface area contributed by atoms with Gasteiger partial charge in [0.2, 0.25) is 0 Å². The van der Waals surface area contributed by atoms with Crippen molar-refractivity contribution in [3.8, 4) is 34.4 Å². The van der Waals surface area contributed by atoms with Crippen LogP contribution < -0.4 is 0 Å². The summed E-state index contributed by atoms with van der Waals surface area (Å²) in [7, 11) is 0. The van der Waals surface area contributed by atoms with Crippen molar-refractivity contribution in [2.24, 2.45) is 0 Å². The lowest BCUT2D eigenvalue weighted by molar-refractivity contribution is 0.607. The molecule has 0 bridgehead atoms. The molecule has 61 heavy (non-hydrogen) atoms. The van der Waals surface area contributed by atoms with Crippen molar-refractivity contribution in [1.82, 2.24) is 0 Å². The maximum Gasteiger partial charge on any atom is 0.0992 e. The average molecular weight is 791 g/mol. The highest BCUT2D eigenvalue weighted by Crippen LogP contribution is 2.32. The molecule has 0 aromatic heterocycles. The van der Waals surface area contributed by atoms with E-state index in [4.69, 9.17) is 0 Å². The Kier molecular flexibility index (Phi) is 16.2. The first-order chi connectivity index (χ1) is 30.0. The van der Waals surface area contributed by atoms with Crippen molar-refractivity contribution in [1.29, 1.82) is 10.5 Å². The molecule has 0 heterocycles. The molecule has 0 spiro atoms. The van der Waals surface area contributed by atoms with E-state index in [1.807, 2.05) is 79.8 Å². The lowest BCUT2D eigenvalue weighted by Gasteiger charge is -2.12. The van der Waals surface area contributed by atoms with Crippen molar-refractivity contribution < 1.29 is 0 Å². The lowest BCUT2D eigenvalue weighted by Crippen LogP contribution is -1.91. The zero-order chi connectivity index (χ0) is 42.7. The Morgan fingerprint density at radius 2 is 1.21 bits per heavy atom. The number of allylic oxidation sites excluding steroid dienone is 17. The Bertz CT molecular complexity index is 2650. The summed E-state index contributed by atoms with van der Waals surface area (Å²) in [6.45, 7) is 8.49. The minimum atomic E-state index is 0.555. The molecule has 300 valence electrons. The monoisotopic (exact) mass is 790 g/mol. The first-order valence-corrected chi connectivity index (χ1v) is 21.5. The van der Waals surface area contributed by atoms with Crippen molar-refractivity contribution in [3.63, 3.8) is 0 Å². The number of nitriles is 2. The summed E-state index contributed by atoms with van der Waals surface area (Å²) >= 11 is 0. The molecule has 0 radical (unpaired) electrons. The van der Waals surface area contributed by atoms with E-state index in [-0.39, 0.29) is 0 Å². The van der Waals surface area contributed by atoms with E-state index in [9.17, 15) is 10.5 Å². The normalized spacial score (nSPS) is 17.3. The van der Waals surface area contributed by atoms with Gasteiger partial charge in [-0.15, -0.1) is 0 Å². The summed E-state index contributed by atoms with van der Waals surface area (Å²) in [4.78, 5) is 0. The molecule has 0 saturated heterocycles. The first kappa shape index (κ1) is 43.3. The van der Waals surface area contributed by atoms with Gasteiger partial charge in [0.1, 0.15) is 0 Å². The fraction of sp³-hybridized carbons (Fsp3) is 0.153. The van der Waals surface area contributed by atoms with E-state index in [2.05, 4.69) is 147 Å². The molecule has 0 unspecified atom stereocenters. The maximum absolute atomic E-state index is 10.2. The molecule has 5 aromatic rings. The molecule has 0 saturated carbocycles. The number of unbranched alkanes of at least 4 members (excludes halogenated alkanes) is 5. The molecule has 2 heteroatoms. The van der Waals surface area contributed by atoms with Crippen LogP contribution in [0, 0.1) is 22.7 Å². The van der Waals surface area contributed by atoms with Gasteiger partial charge >= 0.3 is 0 Å². The van der Waals surface area contributed by atoms with Crippen LogP contribution in [-0.4, -0.2) is 0 Å². The highest BCUT2D eigenvalue weighted by molar-refractivity contribution is 5.90. The van der Waals surface area contributed by atoms with Gasteiger partial charge in [0.25, 0.3) is 0 Å². The van der Waals surface area contributed by atoms with E-state index < -0.39 is 0 Å². The SMILES string of the molecule is C=C/C(=C\C(=C/C)c1cc(C#N)cc(-c2cccc(-c3ccccc3)c2)c1)c1cccc(C2=C/C(C#N)=C\C=C/C=C(c3cccc(CCCCCCCC)c3)\C=C\C=C\2)c1. The minimum Gasteiger partial charge on any atom is -0.192 e. The number of aryl methyl sites for hydroxylation is 1. The van der Waals surface area contributed by atoms with Crippen molar-refractivity contribution >= 4 is 22.3 Å². The first-order valence-electron chi connectivity index (χ1n) is 21.5. The van der Waals surface area contributed by atoms with Gasteiger partial charge in [0.15, 0.2) is 0 Å². The Morgan fingerprint density at radius 1 is 0.557 bits per heavy atom. The number of benzene rings is 5. The summed E-state index contributed by atoms with van der Waals surface area (Å²) in [6.07, 6.45) is 33.1. The van der Waals surface area contributed by atoms with Crippen LogP contribution in [0.15, 0.2) is 206 Å². The lowest BCUT2D eigenvalue weighted by atomic mass is 9.92. The van der Waals surface area contributed by atoms with E-state index in [0.29, 0.717) is 11.1 Å². The molecule has 0 amide bonds. The highest BCUT2D eigenvalue weighted by Gasteiger charge is 2.10. The van der Waals surface area contributed by atoms with Gasteiger partial charge in [-0.2, -0.15) is 10.5 Å². The molecular formula is C59H54N2. The third-order valence-electron chi connectivity index (χ3n) is 10.9. The maximum atomic E-state index is 10.2. The van der Waals surface area contributed by atoms with Crippen LogP contribution in [0.3, 0.4) is 0 Å². The number of hydrogen-bond acceptors (Lipinski definition) is 2. The zero-order valence-electron chi connectivity index (χ0n) is 35.5. The minimum absolute atomic E-state index is 0.555. The second-order valence-electron chi connectivity index (χ2n) is 15.3. The van der Waals surface area contributed by atoms with Gasteiger partial charge in [-0.3, -0.25) is 0 Å². The van der Waals surface area contributed by atoms with Gasteiger partial charge in [-0.25, -0.2) is 0 Å². The average Bonchev–Trinajstić information content (AvgIpc) is 3.31. The smallest absolute Gasteiger partial charge is 0.0992 e. The van der Waals surface area contributed by atoms with Crippen LogP contribution in [-0.2, 0) is 6.42 Å². The summed E-state index contributed by atoms with van der Waals surface area (Å²) in [5.41, 5.74) is 14.9. The van der Waals surface area contributed by atoms with E-state index >= 15 is 0 Å². The third kappa shape index (κ3) is 12.4. The van der Waals surface area contributed by atoms with Gasteiger partial charge in [-0.05, 0) is 141 Å². The van der Waals surface area contributed by atoms with Crippen LogP contribution in [0.4, 0.5) is 0 Å². The molecule has 1 aliphatic rings. The molecule has 6 rings (SSSR count). The van der Waals surface area contributed by atoms with Gasteiger partial charge in [0.05, 0.1) is 23.3 Å². The van der Waals surface area contributed by atoms with Crippen molar-refractivity contribution in [2.45, 2.75) is 58.8 Å². The van der Waals surface area contributed by atoms with Crippen LogP contribution in [0.5, 0.6) is 0 Å². The molecular weight excluding hydrogens is 737 g/mol. The molecule has 5 aromatic carbocycles. The summed E-state index contributed by atoms with van der Waals surface area (Å²) < 4.78 is 0. The molecule has 0 aliphatic heterocycles. The summed E-state index contributed by atoms with van der Waals surface area (Å²) in [5.74, 6) is 0. The van der Waals surface area contributed by atoms with Crippen LogP contribution >= 0.6 is 0 Å². The van der Waals surface area contributed by atoms with Gasteiger partial charge < -0.3 is 0 Å². The van der Waals surface area contributed by atoms with Crippen LogP contribution in [0.2, 0.25) is 0 Å². The predicted octanol–water partition coefficient (Wildman–Crippen LogP) is 16.1. The van der Waals surface area contributed by atoms with E-state index in [1.54, 1.807) is 0 Å². The highest BCUT2D eigenvalue weighted by atomic mass is 14.2. The fourth-order valence-electron chi connectivity index (χ4n) is 7.59. The second-order valence-corrected chi connectivity index (χ2v) is 15.3. The molecule has 0 N–H and O–H groups in total. The Morgan fingerprint density at radius 3 is 1.97 bits per heavy atom. The van der Waals surface area contributed by atoms with Crippen molar-refractivity contribution in [3.05, 3.63) is 240 Å². The molecule has 0 atom stereocenters. The van der Waals surface area contributed by atoms with E-state index in [0.717, 1.165) is 67.7 Å². The Labute approximate surface area is 364 Å². The largest absolute Gasteiger partial charge is 0.192 e. The number of rotatable bonds is 15. The summed E-state index contributed by atoms with van der Waals surface area (Å²) in [6, 6.07) is 46.8. The fourth-order valence-corrected chi connectivity index (χ4v) is 7.59. The Balaban J connectivity index is 1.26.